The van der Waals surface area contributed by atoms with Crippen molar-refractivity contribution in [2.24, 2.45) is 0 Å². The largest absolute Gasteiger partial charge is 0.416 e. The number of rotatable bonds is 2. The Morgan fingerprint density at radius 1 is 0.472 bits per heavy atom. The third-order valence-corrected chi connectivity index (χ3v) is 11.3. The standard InChI is InChI=1S/C36H15F12NO2S2/c37-33(38,39)21-9-19(10-22(15-21)34(40,41)42)27-13-17-5-1-3-7-25(17)29-30-26-8-4-2-6-18(26)14-28(32(30)53(51)49-52(50)31(27)29)20-11-23(35(43,44)45)16-24(12-20)36(46,47)48/h1,3,5-16,49H. The van der Waals surface area contributed by atoms with Crippen LogP contribution in [0.3, 0.4) is 0 Å². The molecule has 0 aromatic heterocycles. The molecular weight excluding hydrogens is 771 g/mol. The molecule has 6 aromatic carbocycles. The number of benzene rings is 5. The summed E-state index contributed by atoms with van der Waals surface area (Å²) in [7, 11) is -5.50. The molecule has 7 rings (SSSR count). The summed E-state index contributed by atoms with van der Waals surface area (Å²) in [5.41, 5.74) is -9.36. The van der Waals surface area contributed by atoms with E-state index in [0.717, 1.165) is 6.07 Å². The molecule has 1 aliphatic heterocycles. The van der Waals surface area contributed by atoms with E-state index in [0.29, 0.717) is 24.3 Å². The highest BCUT2D eigenvalue weighted by atomic mass is 32.3. The zero-order valence-electron chi connectivity index (χ0n) is 25.8. The first-order valence-electron chi connectivity index (χ1n) is 14.8. The van der Waals surface area contributed by atoms with E-state index in [4.69, 9.17) is 0 Å². The molecule has 0 saturated heterocycles. The predicted molar refractivity (Wildman–Crippen MR) is 171 cm³/mol. The van der Waals surface area contributed by atoms with Crippen LogP contribution in [0.15, 0.2) is 94.7 Å². The Kier molecular flexibility index (Phi) is 8.47. The number of fused-ring (bicyclic) bond motifs is 7. The topological polar surface area (TPSA) is 46.2 Å². The number of hydrogen-bond donors (Lipinski definition) is 1. The second-order valence-corrected chi connectivity index (χ2v) is 14.3. The molecule has 0 amide bonds. The Bertz CT molecular complexity index is 2300. The smallest absolute Gasteiger partial charge is 0.237 e. The molecule has 2 unspecified atom stereocenters. The summed E-state index contributed by atoms with van der Waals surface area (Å²) in [6, 6.07) is 17.5. The average Bonchev–Trinajstić information content (AvgIpc) is 3.19. The van der Waals surface area contributed by atoms with Gasteiger partial charge in [-0.1, -0.05) is 36.4 Å². The van der Waals surface area contributed by atoms with Gasteiger partial charge in [0.05, 0.1) is 32.0 Å². The summed E-state index contributed by atoms with van der Waals surface area (Å²) in [6.45, 7) is 0. The van der Waals surface area contributed by atoms with Crippen LogP contribution in [0.4, 0.5) is 52.7 Å². The van der Waals surface area contributed by atoms with Gasteiger partial charge in [0.2, 0.25) is 0 Å². The van der Waals surface area contributed by atoms with Crippen LogP contribution in [0, 0.1) is 12.1 Å². The number of halogens is 12. The molecule has 0 aliphatic carbocycles. The molecular formula is C36H15F12NO2S2. The van der Waals surface area contributed by atoms with Crippen LogP contribution < -0.4 is 4.13 Å². The van der Waals surface area contributed by atoms with Crippen LogP contribution in [0.1, 0.15) is 22.3 Å². The van der Waals surface area contributed by atoms with Crippen LogP contribution in [-0.4, -0.2) is 8.42 Å². The minimum absolute atomic E-state index is 0.0980. The zero-order chi connectivity index (χ0) is 38.4. The van der Waals surface area contributed by atoms with Gasteiger partial charge >= 0.3 is 24.7 Å². The second kappa shape index (κ2) is 12.3. The van der Waals surface area contributed by atoms with Gasteiger partial charge in [-0.2, -0.15) is 52.7 Å². The number of alkyl halides is 12. The maximum atomic E-state index is 14.2. The SMILES string of the molecule is O=S1NS(=O)c2c(-c3cc(C(F)(F)F)cc(C(F)(F)F)c3)cc3ccccc3c2-c2c1c(-c1cc(C(F)(F)F)cc(C(F)(F)F)c1)cc1cc#ccc21. The minimum Gasteiger partial charge on any atom is -0.237 e. The fraction of sp³-hybridized carbons (Fsp3) is 0.111. The summed E-state index contributed by atoms with van der Waals surface area (Å²) in [4.78, 5) is -0.909. The summed E-state index contributed by atoms with van der Waals surface area (Å²) < 4.78 is 198. The molecule has 0 fully saturated rings. The fourth-order valence-electron chi connectivity index (χ4n) is 6.22. The van der Waals surface area contributed by atoms with Gasteiger partial charge in [0, 0.05) is 22.3 Å². The Balaban J connectivity index is 1.68. The predicted octanol–water partition coefficient (Wildman–Crippen LogP) is 11.3. The molecule has 0 radical (unpaired) electrons. The maximum absolute atomic E-state index is 14.2. The van der Waals surface area contributed by atoms with Gasteiger partial charge in [0.15, 0.2) is 0 Å². The zero-order valence-corrected chi connectivity index (χ0v) is 27.4. The van der Waals surface area contributed by atoms with Crippen molar-refractivity contribution >= 4 is 43.5 Å². The van der Waals surface area contributed by atoms with E-state index in [1.165, 1.54) is 42.5 Å². The lowest BCUT2D eigenvalue weighted by Gasteiger charge is -2.21. The first kappa shape index (κ1) is 36.4. The third kappa shape index (κ3) is 6.53. The second-order valence-electron chi connectivity index (χ2n) is 11.8. The van der Waals surface area contributed by atoms with E-state index < -0.39 is 101 Å². The molecule has 1 heterocycles. The molecule has 6 aromatic rings. The highest BCUT2D eigenvalue weighted by Crippen LogP contribution is 2.51. The minimum atomic E-state index is -5.27. The van der Waals surface area contributed by atoms with Gasteiger partial charge in [0.25, 0.3) is 0 Å². The van der Waals surface area contributed by atoms with E-state index in [1.54, 1.807) is 0 Å². The van der Waals surface area contributed by atoms with Crippen molar-refractivity contribution in [3.8, 4) is 33.4 Å². The normalized spacial score (nSPS) is 16.6. The van der Waals surface area contributed by atoms with Crippen molar-refractivity contribution in [2.75, 3.05) is 0 Å². The Morgan fingerprint density at radius 2 is 0.868 bits per heavy atom. The van der Waals surface area contributed by atoms with E-state index in [-0.39, 0.29) is 44.8 Å². The first-order valence-corrected chi connectivity index (χ1v) is 17.1. The van der Waals surface area contributed by atoms with Crippen LogP contribution >= 0.6 is 0 Å². The van der Waals surface area contributed by atoms with Crippen molar-refractivity contribution in [2.45, 2.75) is 34.5 Å². The lowest BCUT2D eigenvalue weighted by molar-refractivity contribution is -0.144. The summed E-state index contributed by atoms with van der Waals surface area (Å²) >= 11 is 0. The van der Waals surface area contributed by atoms with Crippen LogP contribution in [0.2, 0.25) is 0 Å². The fourth-order valence-corrected chi connectivity index (χ4v) is 8.98. The van der Waals surface area contributed by atoms with Crippen molar-refractivity contribution in [3.05, 3.63) is 119 Å². The molecule has 272 valence electrons. The lowest BCUT2D eigenvalue weighted by Crippen LogP contribution is -2.20. The Hall–Kier alpha value is -4.92. The molecule has 1 N–H and O–H groups in total. The van der Waals surface area contributed by atoms with Crippen molar-refractivity contribution in [1.29, 1.82) is 0 Å². The first-order chi connectivity index (χ1) is 24.6. The van der Waals surface area contributed by atoms with Crippen LogP contribution in [0.5, 0.6) is 0 Å². The highest BCUT2D eigenvalue weighted by Gasteiger charge is 2.40. The van der Waals surface area contributed by atoms with Gasteiger partial charge in [-0.05, 0) is 93.3 Å². The van der Waals surface area contributed by atoms with Gasteiger partial charge in [0.1, 0.15) is 22.0 Å². The monoisotopic (exact) mass is 785 g/mol. The van der Waals surface area contributed by atoms with Gasteiger partial charge in [-0.15, -0.1) is 4.13 Å². The van der Waals surface area contributed by atoms with Crippen LogP contribution in [-0.2, 0) is 46.7 Å². The van der Waals surface area contributed by atoms with E-state index >= 15 is 0 Å². The van der Waals surface area contributed by atoms with Crippen molar-refractivity contribution < 1.29 is 61.1 Å². The Labute approximate surface area is 295 Å². The quantitative estimate of drug-likeness (QED) is 0.178. The van der Waals surface area contributed by atoms with Crippen molar-refractivity contribution in [1.82, 2.24) is 4.13 Å². The molecule has 2 atom stereocenters. The summed E-state index contributed by atoms with van der Waals surface area (Å²) in [5, 5.41) is 0.539. The third-order valence-electron chi connectivity index (χ3n) is 8.45. The number of nitrogens with one attached hydrogen (secondary N) is 1. The van der Waals surface area contributed by atoms with Gasteiger partial charge in [-0.25, -0.2) is 8.42 Å². The lowest BCUT2D eigenvalue weighted by atomic mass is 9.87. The average molecular weight is 786 g/mol. The molecule has 0 saturated carbocycles. The molecule has 53 heavy (non-hydrogen) atoms. The van der Waals surface area contributed by atoms with E-state index in [9.17, 15) is 61.1 Å². The summed E-state index contributed by atoms with van der Waals surface area (Å²) in [6.07, 6.45) is -21.1. The molecule has 1 aliphatic rings. The van der Waals surface area contributed by atoms with Crippen LogP contribution in [0.25, 0.3) is 54.9 Å². The summed E-state index contributed by atoms with van der Waals surface area (Å²) in [5.74, 6) is 0. The maximum Gasteiger partial charge on any atom is 0.416 e. The van der Waals surface area contributed by atoms with Crippen molar-refractivity contribution in [3.63, 3.8) is 0 Å². The number of hydrogen-bond acceptors (Lipinski definition) is 2. The Morgan fingerprint density at radius 3 is 1.32 bits per heavy atom. The molecule has 3 nitrogen and oxygen atoms in total. The van der Waals surface area contributed by atoms with Gasteiger partial charge in [-0.3, -0.25) is 0 Å². The van der Waals surface area contributed by atoms with Gasteiger partial charge < -0.3 is 0 Å². The van der Waals surface area contributed by atoms with E-state index in [2.05, 4.69) is 16.3 Å². The molecule has 17 heteroatoms. The van der Waals surface area contributed by atoms with E-state index in [1.807, 2.05) is 0 Å². The molecule has 0 bridgehead atoms. The molecule has 0 spiro atoms. The highest BCUT2D eigenvalue weighted by molar-refractivity contribution is 7.99.